The zero-order valence-electron chi connectivity index (χ0n) is 14.0. The van der Waals surface area contributed by atoms with E-state index in [0.29, 0.717) is 17.2 Å². The molecule has 0 bridgehead atoms. The third-order valence-electron chi connectivity index (χ3n) is 4.04. The van der Waals surface area contributed by atoms with Crippen LogP contribution in [0.15, 0.2) is 56.6 Å². The van der Waals surface area contributed by atoms with Crippen LogP contribution in [-0.2, 0) is 7.05 Å². The Bertz CT molecular complexity index is 1150. The highest BCUT2D eigenvalue weighted by atomic mass is 16.5. The zero-order valence-corrected chi connectivity index (χ0v) is 14.0. The van der Waals surface area contributed by atoms with E-state index in [0.717, 1.165) is 5.56 Å². The van der Waals surface area contributed by atoms with Crippen LogP contribution in [0.2, 0.25) is 0 Å². The van der Waals surface area contributed by atoms with Crippen LogP contribution in [0.3, 0.4) is 0 Å². The van der Waals surface area contributed by atoms with Crippen molar-refractivity contribution in [1.29, 1.82) is 0 Å². The van der Waals surface area contributed by atoms with Crippen LogP contribution >= 0.6 is 0 Å². The number of amides is 1. The first-order valence-electron chi connectivity index (χ1n) is 7.82. The van der Waals surface area contributed by atoms with Crippen molar-refractivity contribution >= 4 is 22.7 Å². The van der Waals surface area contributed by atoms with E-state index >= 15 is 0 Å². The molecule has 0 radical (unpaired) electrons. The van der Waals surface area contributed by atoms with E-state index in [1.54, 1.807) is 50.5 Å². The van der Waals surface area contributed by atoms with Crippen LogP contribution < -0.4 is 10.9 Å². The van der Waals surface area contributed by atoms with E-state index in [4.69, 9.17) is 8.94 Å². The van der Waals surface area contributed by atoms with E-state index < -0.39 is 5.91 Å². The van der Waals surface area contributed by atoms with Crippen LogP contribution in [0.25, 0.3) is 22.4 Å². The first-order valence-corrected chi connectivity index (χ1v) is 7.82. The van der Waals surface area contributed by atoms with Gasteiger partial charge in [-0.2, -0.15) is 0 Å². The van der Waals surface area contributed by atoms with Gasteiger partial charge in [0.05, 0.1) is 11.8 Å². The molecule has 0 aliphatic carbocycles. The van der Waals surface area contributed by atoms with Gasteiger partial charge in [0.1, 0.15) is 17.5 Å². The zero-order chi connectivity index (χ0) is 18.3. The van der Waals surface area contributed by atoms with Gasteiger partial charge in [0.25, 0.3) is 11.5 Å². The van der Waals surface area contributed by atoms with E-state index in [9.17, 15) is 9.59 Å². The fraction of sp³-hybridized carbons (Fsp3) is 0.111. The summed E-state index contributed by atoms with van der Waals surface area (Å²) in [7, 11) is 1.57. The van der Waals surface area contributed by atoms with Gasteiger partial charge in [0.15, 0.2) is 5.76 Å². The Morgan fingerprint density at radius 2 is 1.96 bits per heavy atom. The van der Waals surface area contributed by atoms with E-state index in [1.165, 1.54) is 10.9 Å². The van der Waals surface area contributed by atoms with Crippen LogP contribution in [0.5, 0.6) is 0 Å². The molecular weight excluding hydrogens is 336 g/mol. The van der Waals surface area contributed by atoms with Crippen molar-refractivity contribution in [2.24, 2.45) is 7.05 Å². The maximum Gasteiger partial charge on any atom is 0.265 e. The van der Waals surface area contributed by atoms with Crippen molar-refractivity contribution < 1.29 is 13.7 Å². The number of nitrogens with zero attached hydrogens (tertiary/aromatic N) is 3. The van der Waals surface area contributed by atoms with Crippen molar-refractivity contribution in [2.45, 2.75) is 6.92 Å². The summed E-state index contributed by atoms with van der Waals surface area (Å²) in [5.41, 5.74) is 1.42. The molecule has 0 aliphatic rings. The van der Waals surface area contributed by atoms with Crippen molar-refractivity contribution in [2.75, 3.05) is 5.32 Å². The molecule has 4 aromatic rings. The molecule has 8 heteroatoms. The lowest BCUT2D eigenvalue weighted by molar-refractivity contribution is 0.102. The minimum Gasteiger partial charge on any atom is -0.442 e. The normalized spacial score (nSPS) is 11.0. The number of hydrogen-bond acceptors (Lipinski definition) is 6. The van der Waals surface area contributed by atoms with Crippen molar-refractivity contribution in [1.82, 2.24) is 14.7 Å². The lowest BCUT2D eigenvalue weighted by Crippen LogP contribution is -2.20. The molecule has 1 N–H and O–H groups in total. The number of furan rings is 1. The molecule has 1 aromatic carbocycles. The van der Waals surface area contributed by atoms with Gasteiger partial charge in [0, 0.05) is 24.4 Å². The number of carbonyl (C=O) groups excluding carboxylic acids is 1. The molecule has 3 aromatic heterocycles. The molecule has 130 valence electrons. The van der Waals surface area contributed by atoms with Gasteiger partial charge >= 0.3 is 0 Å². The van der Waals surface area contributed by atoms with Crippen molar-refractivity contribution in [3.05, 3.63) is 64.5 Å². The summed E-state index contributed by atoms with van der Waals surface area (Å²) in [4.78, 5) is 29.1. The maximum atomic E-state index is 12.7. The summed E-state index contributed by atoms with van der Waals surface area (Å²) < 4.78 is 11.9. The van der Waals surface area contributed by atoms with Gasteiger partial charge in [-0.1, -0.05) is 5.16 Å². The standard InChI is InChI=1S/C18H14N4O4/c1-10-14(15-17(25-10)19-9-22(2)18(15)24)16(23)21-12-5-3-11(4-6-12)13-7-8-20-26-13/h3-9H,1-2H3,(H,21,23). The number of aryl methyl sites for hydroxylation is 2. The topological polar surface area (TPSA) is 103 Å². The fourth-order valence-electron chi connectivity index (χ4n) is 2.74. The highest BCUT2D eigenvalue weighted by Gasteiger charge is 2.22. The smallest absolute Gasteiger partial charge is 0.265 e. The molecule has 0 atom stereocenters. The summed E-state index contributed by atoms with van der Waals surface area (Å²) in [6, 6.07) is 8.83. The summed E-state index contributed by atoms with van der Waals surface area (Å²) >= 11 is 0. The minimum absolute atomic E-state index is 0.149. The monoisotopic (exact) mass is 350 g/mol. The molecular formula is C18H14N4O4. The summed E-state index contributed by atoms with van der Waals surface area (Å²) in [6.45, 7) is 1.63. The second-order valence-corrected chi connectivity index (χ2v) is 5.78. The lowest BCUT2D eigenvalue weighted by Gasteiger charge is -2.05. The van der Waals surface area contributed by atoms with Gasteiger partial charge in [-0.3, -0.25) is 9.59 Å². The first-order chi connectivity index (χ1) is 12.5. The van der Waals surface area contributed by atoms with Crippen LogP contribution in [0.1, 0.15) is 16.1 Å². The van der Waals surface area contributed by atoms with Gasteiger partial charge < -0.3 is 18.8 Å². The molecule has 0 spiro atoms. The average Bonchev–Trinajstić information content (AvgIpc) is 3.26. The van der Waals surface area contributed by atoms with Gasteiger partial charge in [0.2, 0.25) is 5.71 Å². The molecule has 0 fully saturated rings. The van der Waals surface area contributed by atoms with Crippen LogP contribution in [0, 0.1) is 6.92 Å². The fourth-order valence-corrected chi connectivity index (χ4v) is 2.74. The molecule has 3 heterocycles. The largest absolute Gasteiger partial charge is 0.442 e. The molecule has 0 saturated heterocycles. The van der Waals surface area contributed by atoms with Gasteiger partial charge in [-0.05, 0) is 31.2 Å². The van der Waals surface area contributed by atoms with Gasteiger partial charge in [-0.15, -0.1) is 0 Å². The molecule has 0 unspecified atom stereocenters. The number of carbonyl (C=O) groups is 1. The Morgan fingerprint density at radius 1 is 1.19 bits per heavy atom. The molecule has 1 amide bonds. The second-order valence-electron chi connectivity index (χ2n) is 5.78. The Kier molecular flexibility index (Phi) is 3.65. The van der Waals surface area contributed by atoms with Crippen molar-refractivity contribution in [3.63, 3.8) is 0 Å². The number of fused-ring (bicyclic) bond motifs is 1. The Balaban J connectivity index is 1.67. The highest BCUT2D eigenvalue weighted by Crippen LogP contribution is 2.24. The average molecular weight is 350 g/mol. The molecule has 8 nitrogen and oxygen atoms in total. The number of benzene rings is 1. The third kappa shape index (κ3) is 2.57. The predicted octanol–water partition coefficient (Wildman–Crippen LogP) is 2.74. The second kappa shape index (κ2) is 5.99. The van der Waals surface area contributed by atoms with E-state index in [1.807, 2.05) is 0 Å². The van der Waals surface area contributed by atoms with E-state index in [-0.39, 0.29) is 22.2 Å². The number of rotatable bonds is 3. The van der Waals surface area contributed by atoms with Gasteiger partial charge in [-0.25, -0.2) is 4.98 Å². The number of aromatic nitrogens is 3. The lowest BCUT2D eigenvalue weighted by atomic mass is 10.1. The first kappa shape index (κ1) is 15.8. The number of nitrogens with one attached hydrogen (secondary N) is 1. The number of hydrogen-bond donors (Lipinski definition) is 1. The summed E-state index contributed by atoms with van der Waals surface area (Å²) in [5.74, 6) is 0.541. The van der Waals surface area contributed by atoms with E-state index in [2.05, 4.69) is 15.5 Å². The third-order valence-corrected chi connectivity index (χ3v) is 4.04. The Morgan fingerprint density at radius 3 is 2.65 bits per heavy atom. The Labute approximate surface area is 147 Å². The predicted molar refractivity (Wildman–Crippen MR) is 93.9 cm³/mol. The van der Waals surface area contributed by atoms with Crippen LogP contribution in [0.4, 0.5) is 5.69 Å². The molecule has 0 saturated carbocycles. The molecule has 26 heavy (non-hydrogen) atoms. The quantitative estimate of drug-likeness (QED) is 0.609. The highest BCUT2D eigenvalue weighted by molar-refractivity contribution is 6.12. The van der Waals surface area contributed by atoms with Crippen molar-refractivity contribution in [3.8, 4) is 11.3 Å². The minimum atomic E-state index is -0.432. The molecule has 0 aliphatic heterocycles. The Hall–Kier alpha value is -3.68. The van der Waals surface area contributed by atoms with Crippen LogP contribution in [-0.4, -0.2) is 20.6 Å². The maximum absolute atomic E-state index is 12.7. The number of anilines is 1. The summed E-state index contributed by atoms with van der Waals surface area (Å²) in [6.07, 6.45) is 2.92. The SMILES string of the molecule is Cc1oc2ncn(C)c(=O)c2c1C(=O)Nc1ccc(-c2ccno2)cc1. The molecule has 4 rings (SSSR count). The summed E-state index contributed by atoms with van der Waals surface area (Å²) in [5, 5.41) is 6.61.